The van der Waals surface area contributed by atoms with Gasteiger partial charge in [0, 0.05) is 6.54 Å². The first-order valence-electron chi connectivity index (χ1n) is 7.37. The highest BCUT2D eigenvalue weighted by Gasteiger charge is 2.06. The summed E-state index contributed by atoms with van der Waals surface area (Å²) in [5.41, 5.74) is 2.41. The maximum Gasteiger partial charge on any atom is 0.146 e. The molecule has 0 amide bonds. The number of hydrogen-bond donors (Lipinski definition) is 1. The molecule has 0 saturated carbocycles. The van der Waals surface area contributed by atoms with Gasteiger partial charge in [0.05, 0.1) is 5.02 Å². The third kappa shape index (κ3) is 4.48. The number of hydrogen-bond acceptors (Lipinski definition) is 2. The molecule has 1 N–H and O–H groups in total. The number of benzene rings is 2. The average Bonchev–Trinajstić information content (AvgIpc) is 2.48. The van der Waals surface area contributed by atoms with Gasteiger partial charge in [0.2, 0.25) is 0 Å². The quantitative estimate of drug-likeness (QED) is 0.775. The topological polar surface area (TPSA) is 21.3 Å². The first kappa shape index (κ1) is 15.9. The molecule has 2 nitrogen and oxygen atoms in total. The fourth-order valence-corrected chi connectivity index (χ4v) is 2.31. The van der Waals surface area contributed by atoms with Crippen molar-refractivity contribution in [2.45, 2.75) is 33.2 Å². The highest BCUT2D eigenvalue weighted by molar-refractivity contribution is 6.32. The molecule has 112 valence electrons. The second-order valence-corrected chi connectivity index (χ2v) is 5.78. The third-order valence-electron chi connectivity index (χ3n) is 3.33. The number of ether oxygens (including phenoxy) is 1. The minimum atomic E-state index is 0.478. The van der Waals surface area contributed by atoms with Gasteiger partial charge in [0.1, 0.15) is 11.5 Å². The molecule has 0 aromatic heterocycles. The van der Waals surface area contributed by atoms with Crippen LogP contribution in [0.25, 0.3) is 0 Å². The van der Waals surface area contributed by atoms with Crippen LogP contribution in [-0.2, 0) is 6.54 Å². The molecule has 0 bridgehead atoms. The molecule has 0 heterocycles. The molecular weight excluding hydrogens is 282 g/mol. The number of halogens is 1. The van der Waals surface area contributed by atoms with Crippen LogP contribution >= 0.6 is 11.6 Å². The second kappa shape index (κ2) is 7.48. The Bertz CT molecular complexity index is 596. The zero-order valence-corrected chi connectivity index (χ0v) is 13.6. The largest absolute Gasteiger partial charge is 0.456 e. The standard InChI is InChI=1S/C18H22ClNO/c1-4-20-12-14-8-9-18(17(19)10-14)21-16-7-5-6-15(11-16)13(2)3/h5-11,13,20H,4,12H2,1-3H3. The van der Waals surface area contributed by atoms with Crippen LogP contribution in [0.15, 0.2) is 42.5 Å². The van der Waals surface area contributed by atoms with E-state index in [1.54, 1.807) is 0 Å². The van der Waals surface area contributed by atoms with Gasteiger partial charge in [-0.2, -0.15) is 0 Å². The summed E-state index contributed by atoms with van der Waals surface area (Å²) in [5.74, 6) is 1.99. The summed E-state index contributed by atoms with van der Waals surface area (Å²) < 4.78 is 5.91. The van der Waals surface area contributed by atoms with Crippen LogP contribution in [0.2, 0.25) is 5.02 Å². The van der Waals surface area contributed by atoms with Gasteiger partial charge in [-0.15, -0.1) is 0 Å². The van der Waals surface area contributed by atoms with Gasteiger partial charge < -0.3 is 10.1 Å². The van der Waals surface area contributed by atoms with Gasteiger partial charge in [-0.05, 0) is 47.9 Å². The Balaban J connectivity index is 2.14. The fourth-order valence-electron chi connectivity index (χ4n) is 2.07. The minimum absolute atomic E-state index is 0.478. The van der Waals surface area contributed by atoms with E-state index in [1.807, 2.05) is 30.3 Å². The van der Waals surface area contributed by atoms with Gasteiger partial charge in [-0.3, -0.25) is 0 Å². The van der Waals surface area contributed by atoms with Crippen LogP contribution in [0.1, 0.15) is 37.8 Å². The fraction of sp³-hybridized carbons (Fsp3) is 0.333. The van der Waals surface area contributed by atoms with Crippen LogP contribution in [0.4, 0.5) is 0 Å². The van der Waals surface area contributed by atoms with E-state index in [2.05, 4.69) is 38.2 Å². The minimum Gasteiger partial charge on any atom is -0.456 e. The Labute approximate surface area is 132 Å². The summed E-state index contributed by atoms with van der Waals surface area (Å²) in [6.07, 6.45) is 0. The lowest BCUT2D eigenvalue weighted by atomic mass is 10.0. The molecule has 21 heavy (non-hydrogen) atoms. The van der Waals surface area contributed by atoms with E-state index in [4.69, 9.17) is 16.3 Å². The van der Waals surface area contributed by atoms with E-state index < -0.39 is 0 Å². The molecular formula is C18H22ClNO. The highest BCUT2D eigenvalue weighted by atomic mass is 35.5. The molecule has 0 aliphatic heterocycles. The summed E-state index contributed by atoms with van der Waals surface area (Å²) in [6.45, 7) is 8.18. The zero-order chi connectivity index (χ0) is 15.2. The monoisotopic (exact) mass is 303 g/mol. The van der Waals surface area contributed by atoms with Crippen molar-refractivity contribution in [3.63, 3.8) is 0 Å². The molecule has 3 heteroatoms. The number of rotatable bonds is 6. The summed E-state index contributed by atoms with van der Waals surface area (Å²) in [4.78, 5) is 0. The Morgan fingerprint density at radius 2 is 1.95 bits per heavy atom. The van der Waals surface area contributed by atoms with Crippen molar-refractivity contribution in [1.29, 1.82) is 0 Å². The lowest BCUT2D eigenvalue weighted by Crippen LogP contribution is -2.11. The molecule has 0 unspecified atom stereocenters. The number of nitrogens with one attached hydrogen (secondary N) is 1. The normalized spacial score (nSPS) is 10.9. The molecule has 0 radical (unpaired) electrons. The van der Waals surface area contributed by atoms with Crippen LogP contribution in [0.3, 0.4) is 0 Å². The molecule has 2 rings (SSSR count). The van der Waals surface area contributed by atoms with Crippen molar-refractivity contribution in [2.75, 3.05) is 6.54 Å². The van der Waals surface area contributed by atoms with Crippen LogP contribution < -0.4 is 10.1 Å². The molecule has 0 fully saturated rings. The molecule has 0 atom stereocenters. The van der Waals surface area contributed by atoms with Crippen molar-refractivity contribution in [3.05, 3.63) is 58.6 Å². The maximum absolute atomic E-state index is 6.31. The van der Waals surface area contributed by atoms with Crippen molar-refractivity contribution in [3.8, 4) is 11.5 Å². The van der Waals surface area contributed by atoms with E-state index >= 15 is 0 Å². The van der Waals surface area contributed by atoms with Crippen molar-refractivity contribution in [2.24, 2.45) is 0 Å². The van der Waals surface area contributed by atoms with Crippen molar-refractivity contribution >= 4 is 11.6 Å². The van der Waals surface area contributed by atoms with Crippen molar-refractivity contribution < 1.29 is 4.74 Å². The van der Waals surface area contributed by atoms with Gasteiger partial charge in [-0.1, -0.05) is 50.6 Å². The summed E-state index contributed by atoms with van der Waals surface area (Å²) in [5, 5.41) is 3.92. The van der Waals surface area contributed by atoms with E-state index in [-0.39, 0.29) is 0 Å². The van der Waals surface area contributed by atoms with Crippen LogP contribution in [0, 0.1) is 0 Å². The molecule has 2 aromatic carbocycles. The van der Waals surface area contributed by atoms with Crippen LogP contribution in [-0.4, -0.2) is 6.54 Å². The Morgan fingerprint density at radius 3 is 2.62 bits per heavy atom. The first-order chi connectivity index (χ1) is 10.1. The van der Waals surface area contributed by atoms with E-state index in [0.717, 1.165) is 24.4 Å². The van der Waals surface area contributed by atoms with E-state index in [9.17, 15) is 0 Å². The van der Waals surface area contributed by atoms with Gasteiger partial charge in [-0.25, -0.2) is 0 Å². The van der Waals surface area contributed by atoms with Crippen molar-refractivity contribution in [1.82, 2.24) is 5.32 Å². The van der Waals surface area contributed by atoms with E-state index in [1.165, 1.54) is 5.56 Å². The first-order valence-corrected chi connectivity index (χ1v) is 7.75. The predicted molar refractivity (Wildman–Crippen MR) is 89.4 cm³/mol. The molecule has 0 aliphatic rings. The highest BCUT2D eigenvalue weighted by Crippen LogP contribution is 2.31. The second-order valence-electron chi connectivity index (χ2n) is 5.37. The Morgan fingerprint density at radius 1 is 1.14 bits per heavy atom. The van der Waals surface area contributed by atoms with Gasteiger partial charge >= 0.3 is 0 Å². The maximum atomic E-state index is 6.31. The average molecular weight is 304 g/mol. The molecule has 0 aliphatic carbocycles. The van der Waals surface area contributed by atoms with E-state index in [0.29, 0.717) is 16.7 Å². The SMILES string of the molecule is CCNCc1ccc(Oc2cccc(C(C)C)c2)c(Cl)c1. The Hall–Kier alpha value is -1.51. The smallest absolute Gasteiger partial charge is 0.146 e. The Kier molecular flexibility index (Phi) is 5.66. The lowest BCUT2D eigenvalue weighted by molar-refractivity contribution is 0.481. The summed E-state index contributed by atoms with van der Waals surface area (Å²) in [7, 11) is 0. The summed E-state index contributed by atoms with van der Waals surface area (Å²) in [6, 6.07) is 14.1. The predicted octanol–water partition coefficient (Wildman–Crippen LogP) is 5.37. The zero-order valence-electron chi connectivity index (χ0n) is 12.8. The molecule has 0 spiro atoms. The van der Waals surface area contributed by atoms with Crippen LogP contribution in [0.5, 0.6) is 11.5 Å². The third-order valence-corrected chi connectivity index (χ3v) is 3.62. The van der Waals surface area contributed by atoms with Gasteiger partial charge in [0.15, 0.2) is 0 Å². The van der Waals surface area contributed by atoms with Gasteiger partial charge in [0.25, 0.3) is 0 Å². The molecule has 2 aromatic rings. The lowest BCUT2D eigenvalue weighted by Gasteiger charge is -2.12. The summed E-state index contributed by atoms with van der Waals surface area (Å²) >= 11 is 6.31. The molecule has 0 saturated heterocycles.